The molecular weight excluding hydrogens is 307 g/mol. The van der Waals surface area contributed by atoms with Gasteiger partial charge in [0.1, 0.15) is 5.82 Å². The molecular formula is C19H25FN2O2. The smallest absolute Gasteiger partial charge is 0.249 e. The molecule has 1 aromatic rings. The van der Waals surface area contributed by atoms with Crippen molar-refractivity contribution in [1.82, 2.24) is 10.2 Å². The third-order valence-corrected chi connectivity index (χ3v) is 4.38. The zero-order valence-electron chi connectivity index (χ0n) is 14.3. The molecule has 0 saturated carbocycles. The Morgan fingerprint density at radius 2 is 1.88 bits per heavy atom. The molecule has 1 aliphatic rings. The van der Waals surface area contributed by atoms with Crippen molar-refractivity contribution in [2.75, 3.05) is 13.1 Å². The Morgan fingerprint density at radius 1 is 1.25 bits per heavy atom. The lowest BCUT2D eigenvalue weighted by molar-refractivity contribution is -0.132. The maximum atomic E-state index is 12.9. The van der Waals surface area contributed by atoms with Crippen LogP contribution in [0.15, 0.2) is 35.9 Å². The number of carbonyl (C=O) groups excluding carboxylic acids is 2. The first-order valence-corrected chi connectivity index (χ1v) is 8.49. The van der Waals surface area contributed by atoms with Gasteiger partial charge in [-0.15, -0.1) is 0 Å². The summed E-state index contributed by atoms with van der Waals surface area (Å²) in [5.41, 5.74) is 1.65. The van der Waals surface area contributed by atoms with Crippen LogP contribution in [0.5, 0.6) is 0 Å². The Bertz CT molecular complexity index is 602. The quantitative estimate of drug-likeness (QED) is 0.843. The molecule has 130 valence electrons. The molecule has 0 atom stereocenters. The third kappa shape index (κ3) is 4.91. The molecule has 1 saturated heterocycles. The molecule has 1 aliphatic heterocycles. The van der Waals surface area contributed by atoms with Gasteiger partial charge in [0.05, 0.1) is 0 Å². The molecule has 0 bridgehead atoms. The zero-order valence-corrected chi connectivity index (χ0v) is 14.3. The van der Waals surface area contributed by atoms with Gasteiger partial charge in [-0.05, 0) is 43.9 Å². The molecule has 24 heavy (non-hydrogen) atoms. The minimum Gasteiger partial charge on any atom is -0.352 e. The van der Waals surface area contributed by atoms with E-state index < -0.39 is 0 Å². The highest BCUT2D eigenvalue weighted by molar-refractivity contribution is 5.93. The molecule has 1 fully saturated rings. The number of piperidine rings is 1. The Labute approximate surface area is 142 Å². The molecule has 0 radical (unpaired) electrons. The maximum Gasteiger partial charge on any atom is 0.249 e. The van der Waals surface area contributed by atoms with Crippen LogP contribution in [0.25, 0.3) is 0 Å². The van der Waals surface area contributed by atoms with Gasteiger partial charge in [0.15, 0.2) is 0 Å². The van der Waals surface area contributed by atoms with Gasteiger partial charge in [0, 0.05) is 31.1 Å². The van der Waals surface area contributed by atoms with E-state index in [0.717, 1.165) is 17.6 Å². The summed E-state index contributed by atoms with van der Waals surface area (Å²) < 4.78 is 12.9. The van der Waals surface area contributed by atoms with E-state index in [2.05, 4.69) is 5.32 Å². The SMILES string of the molecule is CC/C=C(/C)C(=O)N1CCC(C(=O)NCc2ccc(F)cc2)CC1. The summed E-state index contributed by atoms with van der Waals surface area (Å²) in [5.74, 6) is -0.270. The van der Waals surface area contributed by atoms with Gasteiger partial charge >= 0.3 is 0 Å². The summed E-state index contributed by atoms with van der Waals surface area (Å²) in [6.45, 7) is 5.48. The standard InChI is InChI=1S/C19H25FN2O2/c1-3-4-14(2)19(24)22-11-9-16(10-12-22)18(23)21-13-15-5-7-17(20)8-6-15/h4-8,16H,3,9-13H2,1-2H3,(H,21,23)/b14-4-. The fourth-order valence-corrected chi connectivity index (χ4v) is 2.92. The summed E-state index contributed by atoms with van der Waals surface area (Å²) in [6, 6.07) is 6.11. The van der Waals surface area contributed by atoms with Gasteiger partial charge in [-0.3, -0.25) is 9.59 Å². The lowest BCUT2D eigenvalue weighted by Crippen LogP contribution is -2.43. The molecule has 4 nitrogen and oxygen atoms in total. The van der Waals surface area contributed by atoms with Gasteiger partial charge < -0.3 is 10.2 Å². The number of halogens is 1. The topological polar surface area (TPSA) is 49.4 Å². The number of rotatable bonds is 5. The highest BCUT2D eigenvalue weighted by atomic mass is 19.1. The van der Waals surface area contributed by atoms with Gasteiger partial charge in [-0.2, -0.15) is 0 Å². The van der Waals surface area contributed by atoms with Crippen LogP contribution in [0.2, 0.25) is 0 Å². The van der Waals surface area contributed by atoms with Crippen molar-refractivity contribution in [3.05, 3.63) is 47.3 Å². The second-order valence-electron chi connectivity index (χ2n) is 6.21. The van der Waals surface area contributed by atoms with E-state index in [0.29, 0.717) is 32.5 Å². The summed E-state index contributed by atoms with van der Waals surface area (Å²) in [4.78, 5) is 26.3. The highest BCUT2D eigenvalue weighted by Crippen LogP contribution is 2.19. The van der Waals surface area contributed by atoms with Crippen molar-refractivity contribution in [3.8, 4) is 0 Å². The number of benzene rings is 1. The number of likely N-dealkylation sites (tertiary alicyclic amines) is 1. The van der Waals surface area contributed by atoms with Crippen LogP contribution < -0.4 is 5.32 Å². The number of nitrogens with one attached hydrogen (secondary N) is 1. The zero-order chi connectivity index (χ0) is 17.5. The molecule has 5 heteroatoms. The molecule has 2 amide bonds. The number of carbonyl (C=O) groups is 2. The van der Waals surface area contributed by atoms with Gasteiger partial charge in [-0.1, -0.05) is 25.1 Å². The minimum atomic E-state index is -0.283. The van der Waals surface area contributed by atoms with Crippen molar-refractivity contribution in [3.63, 3.8) is 0 Å². The second kappa shape index (κ2) is 8.62. The highest BCUT2D eigenvalue weighted by Gasteiger charge is 2.27. The van der Waals surface area contributed by atoms with Crippen molar-refractivity contribution in [1.29, 1.82) is 0 Å². The number of amides is 2. The lowest BCUT2D eigenvalue weighted by Gasteiger charge is -2.31. The number of nitrogens with zero attached hydrogens (tertiary/aromatic N) is 1. The van der Waals surface area contributed by atoms with Gasteiger partial charge in [0.2, 0.25) is 11.8 Å². The number of hydrogen-bond acceptors (Lipinski definition) is 2. The molecule has 0 aliphatic carbocycles. The molecule has 0 unspecified atom stereocenters. The van der Waals surface area contributed by atoms with Crippen LogP contribution >= 0.6 is 0 Å². The summed E-state index contributed by atoms with van der Waals surface area (Å²) in [7, 11) is 0. The molecule has 0 aromatic heterocycles. The van der Waals surface area contributed by atoms with E-state index >= 15 is 0 Å². The van der Waals surface area contributed by atoms with Crippen molar-refractivity contribution >= 4 is 11.8 Å². The van der Waals surface area contributed by atoms with E-state index in [1.165, 1.54) is 12.1 Å². The monoisotopic (exact) mass is 332 g/mol. The van der Waals surface area contributed by atoms with E-state index in [1.807, 2.05) is 24.8 Å². The van der Waals surface area contributed by atoms with Crippen molar-refractivity contribution in [2.45, 2.75) is 39.7 Å². The van der Waals surface area contributed by atoms with Crippen LogP contribution in [0.1, 0.15) is 38.7 Å². The predicted octanol–water partition coefficient (Wildman–Crippen LogP) is 3.04. The number of hydrogen-bond donors (Lipinski definition) is 1. The largest absolute Gasteiger partial charge is 0.352 e. The van der Waals surface area contributed by atoms with Gasteiger partial charge in [-0.25, -0.2) is 4.39 Å². The Morgan fingerprint density at radius 3 is 2.46 bits per heavy atom. The molecule has 1 N–H and O–H groups in total. The molecule has 1 heterocycles. The van der Waals surface area contributed by atoms with Crippen molar-refractivity contribution < 1.29 is 14.0 Å². The number of allylic oxidation sites excluding steroid dienone is 1. The Kier molecular flexibility index (Phi) is 6.53. The normalized spacial score (nSPS) is 16.1. The fraction of sp³-hybridized carbons (Fsp3) is 0.474. The van der Waals surface area contributed by atoms with E-state index in [9.17, 15) is 14.0 Å². The maximum absolute atomic E-state index is 12.9. The second-order valence-corrected chi connectivity index (χ2v) is 6.21. The fourth-order valence-electron chi connectivity index (χ4n) is 2.92. The minimum absolute atomic E-state index is 0.00671. The summed E-state index contributed by atoms with van der Waals surface area (Å²) in [5, 5.41) is 2.90. The van der Waals surface area contributed by atoms with Crippen LogP contribution in [-0.4, -0.2) is 29.8 Å². The van der Waals surface area contributed by atoms with E-state index in [1.54, 1.807) is 12.1 Å². The first-order chi connectivity index (χ1) is 11.5. The molecule has 0 spiro atoms. The average Bonchev–Trinajstić information content (AvgIpc) is 2.60. The summed E-state index contributed by atoms with van der Waals surface area (Å²) in [6.07, 6.45) is 4.14. The third-order valence-electron chi connectivity index (χ3n) is 4.38. The van der Waals surface area contributed by atoms with Gasteiger partial charge in [0.25, 0.3) is 0 Å². The molecule has 1 aromatic carbocycles. The van der Waals surface area contributed by atoms with Crippen LogP contribution in [0.3, 0.4) is 0 Å². The van der Waals surface area contributed by atoms with Crippen molar-refractivity contribution in [2.24, 2.45) is 5.92 Å². The van der Waals surface area contributed by atoms with Crippen LogP contribution in [0.4, 0.5) is 4.39 Å². The van der Waals surface area contributed by atoms with E-state index in [4.69, 9.17) is 0 Å². The Hall–Kier alpha value is -2.17. The molecule has 2 rings (SSSR count). The van der Waals surface area contributed by atoms with Crippen LogP contribution in [-0.2, 0) is 16.1 Å². The predicted molar refractivity (Wildman–Crippen MR) is 91.6 cm³/mol. The lowest BCUT2D eigenvalue weighted by atomic mass is 9.95. The average molecular weight is 332 g/mol. The first kappa shape index (κ1) is 18.2. The Balaban J connectivity index is 1.79. The van der Waals surface area contributed by atoms with Crippen LogP contribution in [0, 0.1) is 11.7 Å². The first-order valence-electron chi connectivity index (χ1n) is 8.49. The van der Waals surface area contributed by atoms with E-state index in [-0.39, 0.29) is 23.5 Å². The summed E-state index contributed by atoms with van der Waals surface area (Å²) >= 11 is 0.